The standard InChI is InChI=1S/C19H19Br2NO3S/c1-12-8-10-13(11-9-12)26(24,25)22-18(14-4-2-6-16(14)20)19(23)15-5-3-7-17(15)21/h2-11,14-15,18-19,22-23H,1H3/t14?,15?,18-,19+/m0/s1. The first-order valence-corrected chi connectivity index (χ1v) is 11.2. The highest BCUT2D eigenvalue weighted by Crippen LogP contribution is 2.36. The lowest BCUT2D eigenvalue weighted by Gasteiger charge is -2.32. The molecule has 26 heavy (non-hydrogen) atoms. The molecule has 4 atom stereocenters. The first-order chi connectivity index (χ1) is 12.3. The average molecular weight is 501 g/mol. The Hall–Kier alpha value is -0.990. The highest BCUT2D eigenvalue weighted by molar-refractivity contribution is 9.12. The molecule has 0 bridgehead atoms. The maximum atomic E-state index is 12.9. The van der Waals surface area contributed by atoms with Crippen LogP contribution in [0.5, 0.6) is 0 Å². The SMILES string of the molecule is Cc1ccc(S(=O)(=O)N[C@@H](C2C=CC=C2Br)[C@H](O)C2C=CC=C2Br)cc1. The molecule has 0 aromatic heterocycles. The molecule has 0 heterocycles. The molecular weight excluding hydrogens is 482 g/mol. The van der Waals surface area contributed by atoms with Crippen LogP contribution in [0.3, 0.4) is 0 Å². The highest BCUT2D eigenvalue weighted by Gasteiger charge is 2.38. The van der Waals surface area contributed by atoms with E-state index in [1.807, 2.05) is 43.4 Å². The number of aliphatic hydroxyl groups excluding tert-OH is 1. The van der Waals surface area contributed by atoms with E-state index in [9.17, 15) is 13.5 Å². The van der Waals surface area contributed by atoms with Crippen molar-refractivity contribution in [2.24, 2.45) is 11.8 Å². The fourth-order valence-electron chi connectivity index (χ4n) is 3.05. The van der Waals surface area contributed by atoms with Crippen molar-refractivity contribution >= 4 is 41.9 Å². The van der Waals surface area contributed by atoms with Crippen molar-refractivity contribution in [3.8, 4) is 0 Å². The monoisotopic (exact) mass is 499 g/mol. The summed E-state index contributed by atoms with van der Waals surface area (Å²) in [5.74, 6) is -0.574. The van der Waals surface area contributed by atoms with Crippen LogP contribution in [-0.2, 0) is 10.0 Å². The zero-order chi connectivity index (χ0) is 18.9. The molecule has 0 spiro atoms. The number of rotatable bonds is 6. The minimum atomic E-state index is -3.78. The highest BCUT2D eigenvalue weighted by atomic mass is 79.9. The lowest BCUT2D eigenvalue weighted by molar-refractivity contribution is 0.103. The lowest BCUT2D eigenvalue weighted by atomic mass is 9.89. The van der Waals surface area contributed by atoms with Gasteiger partial charge in [-0.25, -0.2) is 13.1 Å². The van der Waals surface area contributed by atoms with Gasteiger partial charge in [0.15, 0.2) is 0 Å². The molecule has 7 heteroatoms. The van der Waals surface area contributed by atoms with E-state index in [1.165, 1.54) is 0 Å². The van der Waals surface area contributed by atoms with Gasteiger partial charge in [-0.3, -0.25) is 0 Å². The number of aryl methyl sites for hydroxylation is 1. The molecule has 0 saturated heterocycles. The fraction of sp³-hybridized carbons (Fsp3) is 0.263. The largest absolute Gasteiger partial charge is 0.390 e. The average Bonchev–Trinajstić information content (AvgIpc) is 3.21. The van der Waals surface area contributed by atoms with Crippen LogP contribution in [0.2, 0.25) is 0 Å². The summed E-state index contributed by atoms with van der Waals surface area (Å²) in [6, 6.07) is 5.93. The van der Waals surface area contributed by atoms with E-state index in [0.717, 1.165) is 14.5 Å². The van der Waals surface area contributed by atoms with Crippen molar-refractivity contribution in [2.75, 3.05) is 0 Å². The fourth-order valence-corrected chi connectivity index (χ4v) is 5.49. The zero-order valence-electron chi connectivity index (χ0n) is 14.0. The molecule has 3 rings (SSSR count). The Bertz CT molecular complexity index is 901. The van der Waals surface area contributed by atoms with Gasteiger partial charge in [-0.15, -0.1) is 0 Å². The van der Waals surface area contributed by atoms with E-state index in [-0.39, 0.29) is 16.7 Å². The first-order valence-electron chi connectivity index (χ1n) is 8.14. The van der Waals surface area contributed by atoms with Crippen molar-refractivity contribution < 1.29 is 13.5 Å². The summed E-state index contributed by atoms with van der Waals surface area (Å²) in [6.07, 6.45) is 10.2. The first kappa shape index (κ1) is 19.8. The van der Waals surface area contributed by atoms with E-state index >= 15 is 0 Å². The van der Waals surface area contributed by atoms with E-state index in [4.69, 9.17) is 0 Å². The van der Waals surface area contributed by atoms with Gasteiger partial charge in [0.2, 0.25) is 10.0 Å². The second kappa shape index (κ2) is 7.94. The molecule has 0 saturated carbocycles. The molecule has 4 nitrogen and oxygen atoms in total. The van der Waals surface area contributed by atoms with Gasteiger partial charge in [-0.2, -0.15) is 0 Å². The van der Waals surface area contributed by atoms with Gasteiger partial charge < -0.3 is 5.11 Å². The Morgan fingerprint density at radius 2 is 1.54 bits per heavy atom. The molecular formula is C19H19Br2NO3S. The third kappa shape index (κ3) is 4.12. The van der Waals surface area contributed by atoms with Crippen LogP contribution in [0.25, 0.3) is 0 Å². The molecule has 2 N–H and O–H groups in total. The number of allylic oxidation sites excluding steroid dienone is 4. The molecule has 0 amide bonds. The Balaban J connectivity index is 1.92. The quantitative estimate of drug-likeness (QED) is 0.621. The van der Waals surface area contributed by atoms with Gasteiger partial charge in [-0.05, 0) is 19.1 Å². The predicted molar refractivity (Wildman–Crippen MR) is 111 cm³/mol. The number of hydrogen-bond acceptors (Lipinski definition) is 3. The van der Waals surface area contributed by atoms with E-state index < -0.39 is 22.2 Å². The number of nitrogens with one attached hydrogen (secondary N) is 1. The predicted octanol–water partition coefficient (Wildman–Crippen LogP) is 3.93. The normalized spacial score (nSPS) is 24.5. The number of aliphatic hydroxyl groups is 1. The van der Waals surface area contributed by atoms with Gasteiger partial charge in [0.25, 0.3) is 0 Å². The Kier molecular flexibility index (Phi) is 6.04. The van der Waals surface area contributed by atoms with Crippen LogP contribution < -0.4 is 4.72 Å². The molecule has 2 unspecified atom stereocenters. The van der Waals surface area contributed by atoms with Crippen molar-refractivity contribution in [3.05, 3.63) is 75.2 Å². The van der Waals surface area contributed by atoms with Crippen molar-refractivity contribution in [2.45, 2.75) is 24.0 Å². The summed E-state index contributed by atoms with van der Waals surface area (Å²) in [5, 5.41) is 11.0. The molecule has 1 aromatic rings. The lowest BCUT2D eigenvalue weighted by Crippen LogP contribution is -2.50. The number of halogens is 2. The zero-order valence-corrected chi connectivity index (χ0v) is 18.0. The van der Waals surface area contributed by atoms with E-state index in [1.54, 1.807) is 24.3 Å². The molecule has 138 valence electrons. The smallest absolute Gasteiger partial charge is 0.240 e. The number of sulfonamides is 1. The second-order valence-corrected chi connectivity index (χ2v) is 9.92. The Morgan fingerprint density at radius 1 is 1.00 bits per heavy atom. The maximum absolute atomic E-state index is 12.9. The summed E-state index contributed by atoms with van der Waals surface area (Å²) in [7, 11) is -3.78. The van der Waals surface area contributed by atoms with Crippen LogP contribution in [-0.4, -0.2) is 25.7 Å². The summed E-state index contributed by atoms with van der Waals surface area (Å²) in [5.41, 5.74) is 0.982. The molecule has 2 aliphatic rings. The molecule has 2 aliphatic carbocycles. The van der Waals surface area contributed by atoms with Crippen molar-refractivity contribution in [1.29, 1.82) is 0 Å². The minimum absolute atomic E-state index is 0.180. The van der Waals surface area contributed by atoms with Crippen LogP contribution in [0.4, 0.5) is 0 Å². The molecule has 1 aromatic carbocycles. The summed E-state index contributed by atoms with van der Waals surface area (Å²) >= 11 is 6.93. The van der Waals surface area contributed by atoms with Crippen LogP contribution in [0.1, 0.15) is 5.56 Å². The van der Waals surface area contributed by atoms with Gasteiger partial charge in [0, 0.05) is 20.8 Å². The minimum Gasteiger partial charge on any atom is -0.390 e. The maximum Gasteiger partial charge on any atom is 0.240 e. The van der Waals surface area contributed by atoms with E-state index in [2.05, 4.69) is 36.6 Å². The summed E-state index contributed by atoms with van der Waals surface area (Å²) < 4.78 is 30.2. The Morgan fingerprint density at radius 3 is 2.04 bits per heavy atom. The molecule has 0 aliphatic heterocycles. The molecule has 0 fully saturated rings. The topological polar surface area (TPSA) is 66.4 Å². The van der Waals surface area contributed by atoms with Crippen LogP contribution >= 0.6 is 31.9 Å². The third-order valence-corrected chi connectivity index (χ3v) is 7.59. The van der Waals surface area contributed by atoms with Gasteiger partial charge >= 0.3 is 0 Å². The van der Waals surface area contributed by atoms with Gasteiger partial charge in [-0.1, -0.05) is 86.0 Å². The summed E-state index contributed by atoms with van der Waals surface area (Å²) in [6.45, 7) is 1.90. The van der Waals surface area contributed by atoms with Crippen molar-refractivity contribution in [1.82, 2.24) is 4.72 Å². The van der Waals surface area contributed by atoms with Gasteiger partial charge in [0.1, 0.15) is 0 Å². The summed E-state index contributed by atoms with van der Waals surface area (Å²) in [4.78, 5) is 0.180. The van der Waals surface area contributed by atoms with Crippen LogP contribution in [0.15, 0.2) is 74.6 Å². The number of hydrogen-bond donors (Lipinski definition) is 2. The van der Waals surface area contributed by atoms with Crippen molar-refractivity contribution in [3.63, 3.8) is 0 Å². The van der Waals surface area contributed by atoms with Gasteiger partial charge in [0.05, 0.1) is 17.0 Å². The Labute approximate surface area is 170 Å². The third-order valence-electron chi connectivity index (χ3n) is 4.53. The second-order valence-electron chi connectivity index (χ2n) is 6.38. The number of benzene rings is 1. The molecule has 0 radical (unpaired) electrons. The van der Waals surface area contributed by atoms with Crippen LogP contribution in [0, 0.1) is 18.8 Å². The van der Waals surface area contributed by atoms with E-state index in [0.29, 0.717) is 0 Å².